The van der Waals surface area contributed by atoms with Gasteiger partial charge in [-0.2, -0.15) is 0 Å². The van der Waals surface area contributed by atoms with Crippen molar-refractivity contribution in [3.8, 4) is 0 Å². The number of hydrogen-bond acceptors (Lipinski definition) is 9. The van der Waals surface area contributed by atoms with Gasteiger partial charge in [0.2, 0.25) is 11.1 Å². The molecule has 0 aromatic carbocycles. The summed E-state index contributed by atoms with van der Waals surface area (Å²) < 4.78 is 1.42. The summed E-state index contributed by atoms with van der Waals surface area (Å²) in [7, 11) is 0. The van der Waals surface area contributed by atoms with Gasteiger partial charge in [0.05, 0.1) is 13.2 Å². The summed E-state index contributed by atoms with van der Waals surface area (Å²) in [5, 5.41) is 30.1. The zero-order valence-electron chi connectivity index (χ0n) is 12.0. The third-order valence-electron chi connectivity index (χ3n) is 3.93. The van der Waals surface area contributed by atoms with Crippen LogP contribution >= 0.6 is 23.5 Å². The molecule has 1 aromatic heterocycles. The van der Waals surface area contributed by atoms with Gasteiger partial charge in [-0.25, -0.2) is 4.68 Å². The monoisotopic (exact) mass is 360 g/mol. The molecule has 1 aromatic rings. The third kappa shape index (κ3) is 2.79. The summed E-state index contributed by atoms with van der Waals surface area (Å²) in [6, 6.07) is -0.531. The lowest BCUT2D eigenvalue weighted by atomic mass is 9.89. The number of nitrogens with zero attached hydrogens (tertiary/aromatic N) is 5. The Morgan fingerprint density at radius 3 is 3.04 bits per heavy atom. The highest BCUT2D eigenvalue weighted by molar-refractivity contribution is 8.00. The Labute approximate surface area is 139 Å². The van der Waals surface area contributed by atoms with Crippen molar-refractivity contribution in [3.63, 3.8) is 0 Å². The highest BCUT2D eigenvalue weighted by Crippen LogP contribution is 2.43. The quantitative estimate of drug-likeness (QED) is 0.387. The lowest BCUT2D eigenvalue weighted by Gasteiger charge is -2.52. The molecule has 1 amide bonds. The summed E-state index contributed by atoms with van der Waals surface area (Å²) in [4.78, 5) is 25.2. The van der Waals surface area contributed by atoms with E-state index in [1.165, 1.54) is 33.1 Å². The summed E-state index contributed by atoms with van der Waals surface area (Å²) >= 11 is 2.61. The number of carboxylic acid groups (broad SMARTS) is 1. The minimum atomic E-state index is -1.07. The molecule has 3 rings (SSSR count). The molecule has 126 valence electrons. The molecule has 2 aliphatic heterocycles. The largest absolute Gasteiger partial charge is 0.481 e. The molecule has 0 spiro atoms. The van der Waals surface area contributed by atoms with Crippen molar-refractivity contribution in [2.45, 2.75) is 23.1 Å². The number of aliphatic hydroxyl groups is 1. The van der Waals surface area contributed by atoms with Crippen LogP contribution < -0.4 is 5.73 Å². The Bertz CT molecular complexity index is 627. The number of aliphatic hydroxyl groups excluding tert-OH is 1. The molecule has 2 fully saturated rings. The minimum absolute atomic E-state index is 0.111. The van der Waals surface area contributed by atoms with Crippen LogP contribution in [-0.2, 0) is 16.1 Å². The van der Waals surface area contributed by atoms with E-state index in [-0.39, 0.29) is 36.7 Å². The van der Waals surface area contributed by atoms with E-state index in [1.807, 2.05) is 0 Å². The van der Waals surface area contributed by atoms with Gasteiger partial charge < -0.3 is 20.8 Å². The topological polar surface area (TPSA) is 147 Å². The molecule has 3 heterocycles. The van der Waals surface area contributed by atoms with E-state index in [0.717, 1.165) is 0 Å². The van der Waals surface area contributed by atoms with Gasteiger partial charge in [-0.15, -0.1) is 16.9 Å². The number of nitrogens with two attached hydrogens (primary N) is 1. The van der Waals surface area contributed by atoms with Crippen LogP contribution in [0.25, 0.3) is 0 Å². The van der Waals surface area contributed by atoms with Crippen LogP contribution in [0.15, 0.2) is 5.16 Å². The standard InChI is InChI=1S/C11H16N6O4S2/c12-6-7(19)16-3-11(9(20)21,4-22-8(6)16)5-23-10-13-14-15-17(10)1-2-18/h6,8,18H,1-5,12H2,(H,20,21)/t6?,8-,11?/m1/s1. The molecule has 2 unspecified atom stereocenters. The fourth-order valence-corrected chi connectivity index (χ4v) is 5.26. The smallest absolute Gasteiger partial charge is 0.313 e. The highest BCUT2D eigenvalue weighted by atomic mass is 32.2. The van der Waals surface area contributed by atoms with Gasteiger partial charge >= 0.3 is 5.97 Å². The van der Waals surface area contributed by atoms with Gasteiger partial charge in [0.15, 0.2) is 0 Å². The maximum atomic E-state index is 11.8. The van der Waals surface area contributed by atoms with E-state index < -0.39 is 17.4 Å². The van der Waals surface area contributed by atoms with E-state index in [4.69, 9.17) is 10.8 Å². The molecule has 0 aliphatic carbocycles. The van der Waals surface area contributed by atoms with Gasteiger partial charge in [0.1, 0.15) is 16.8 Å². The highest BCUT2D eigenvalue weighted by Gasteiger charge is 2.55. The molecule has 0 saturated carbocycles. The van der Waals surface area contributed by atoms with Crippen molar-refractivity contribution < 1.29 is 19.8 Å². The summed E-state index contributed by atoms with van der Waals surface area (Å²) in [6.45, 7) is 0.271. The van der Waals surface area contributed by atoms with E-state index in [1.54, 1.807) is 0 Å². The molecule has 12 heteroatoms. The van der Waals surface area contributed by atoms with E-state index >= 15 is 0 Å². The maximum Gasteiger partial charge on any atom is 0.313 e. The fourth-order valence-electron chi connectivity index (χ4n) is 2.54. The number of amides is 1. The van der Waals surface area contributed by atoms with E-state index in [0.29, 0.717) is 10.9 Å². The first-order valence-electron chi connectivity index (χ1n) is 6.89. The second-order valence-electron chi connectivity index (χ2n) is 5.48. The Kier molecular flexibility index (Phi) is 4.49. The predicted octanol–water partition coefficient (Wildman–Crippen LogP) is -1.93. The van der Waals surface area contributed by atoms with Crippen molar-refractivity contribution >= 4 is 35.4 Å². The molecular weight excluding hydrogens is 344 g/mol. The maximum absolute atomic E-state index is 11.8. The molecule has 0 radical (unpaired) electrons. The van der Waals surface area contributed by atoms with Gasteiger partial charge in [-0.1, -0.05) is 11.8 Å². The van der Waals surface area contributed by atoms with Gasteiger partial charge in [0, 0.05) is 18.1 Å². The molecular formula is C11H16N6O4S2. The molecule has 3 atom stereocenters. The number of carbonyl (C=O) groups excluding carboxylic acids is 1. The van der Waals surface area contributed by atoms with E-state index in [9.17, 15) is 14.7 Å². The van der Waals surface area contributed by atoms with Gasteiger partial charge in [-0.05, 0) is 10.4 Å². The molecule has 0 bridgehead atoms. The van der Waals surface area contributed by atoms with Crippen LogP contribution in [0.1, 0.15) is 0 Å². The third-order valence-corrected chi connectivity index (χ3v) is 6.78. The molecule has 23 heavy (non-hydrogen) atoms. The number of carboxylic acids is 1. The Morgan fingerprint density at radius 2 is 2.35 bits per heavy atom. The first-order chi connectivity index (χ1) is 11.0. The lowest BCUT2D eigenvalue weighted by molar-refractivity contribution is -0.155. The predicted molar refractivity (Wildman–Crippen MR) is 81.6 cm³/mol. The Hall–Kier alpha value is -1.37. The van der Waals surface area contributed by atoms with Crippen molar-refractivity contribution in [2.24, 2.45) is 11.1 Å². The zero-order valence-corrected chi connectivity index (χ0v) is 13.7. The van der Waals surface area contributed by atoms with Crippen LogP contribution in [0.4, 0.5) is 0 Å². The molecule has 2 saturated heterocycles. The Balaban J connectivity index is 1.71. The van der Waals surface area contributed by atoms with Crippen molar-refractivity contribution in [1.29, 1.82) is 0 Å². The number of tetrazole rings is 1. The Morgan fingerprint density at radius 1 is 1.57 bits per heavy atom. The number of aliphatic carboxylic acids is 1. The fraction of sp³-hybridized carbons (Fsp3) is 0.727. The van der Waals surface area contributed by atoms with Gasteiger partial charge in [0.25, 0.3) is 0 Å². The van der Waals surface area contributed by atoms with Crippen LogP contribution in [0, 0.1) is 5.41 Å². The number of fused-ring (bicyclic) bond motifs is 1. The van der Waals surface area contributed by atoms with Crippen LogP contribution in [0.2, 0.25) is 0 Å². The van der Waals surface area contributed by atoms with Crippen LogP contribution in [-0.4, -0.2) is 83.3 Å². The summed E-state index contributed by atoms with van der Waals surface area (Å²) in [5.74, 6) is -0.556. The SMILES string of the molecule is NC1C(=O)N2CC(CSc3nnnn3CCO)(C(=O)O)CS[C@H]12. The normalized spacial score (nSPS) is 30.0. The summed E-state index contributed by atoms with van der Waals surface area (Å²) in [5.41, 5.74) is 4.66. The van der Waals surface area contributed by atoms with Crippen molar-refractivity contribution in [2.75, 3.05) is 24.7 Å². The van der Waals surface area contributed by atoms with Crippen LogP contribution in [0.5, 0.6) is 0 Å². The number of carbonyl (C=O) groups is 2. The first kappa shape index (κ1) is 16.5. The first-order valence-corrected chi connectivity index (χ1v) is 8.93. The average molecular weight is 360 g/mol. The number of aromatic nitrogens is 4. The number of hydrogen-bond donors (Lipinski definition) is 3. The number of thioether (sulfide) groups is 2. The molecule has 2 aliphatic rings. The second-order valence-corrected chi connectivity index (χ2v) is 7.52. The lowest BCUT2D eigenvalue weighted by Crippen LogP contribution is -2.72. The average Bonchev–Trinajstić information content (AvgIpc) is 2.99. The number of rotatable bonds is 6. The van der Waals surface area contributed by atoms with Crippen LogP contribution in [0.3, 0.4) is 0 Å². The number of β-lactam (4-membered cyclic amide) rings is 1. The molecule has 4 N–H and O–H groups in total. The van der Waals surface area contributed by atoms with Crippen molar-refractivity contribution in [3.05, 3.63) is 0 Å². The zero-order chi connectivity index (χ0) is 16.6. The minimum Gasteiger partial charge on any atom is -0.481 e. The summed E-state index contributed by atoms with van der Waals surface area (Å²) in [6.07, 6.45) is 0. The van der Waals surface area contributed by atoms with Gasteiger partial charge in [-0.3, -0.25) is 9.59 Å². The van der Waals surface area contributed by atoms with Crippen molar-refractivity contribution in [1.82, 2.24) is 25.1 Å². The van der Waals surface area contributed by atoms with E-state index in [2.05, 4.69) is 15.5 Å². The molecule has 10 nitrogen and oxygen atoms in total. The second kappa shape index (κ2) is 6.26.